The van der Waals surface area contributed by atoms with Crippen LogP contribution < -0.4 is 0 Å². The van der Waals surface area contributed by atoms with Gasteiger partial charge in [0.1, 0.15) is 12.1 Å². The van der Waals surface area contributed by atoms with Gasteiger partial charge in [0.05, 0.1) is 6.33 Å². The molecular formula is C13H16N4. The van der Waals surface area contributed by atoms with Gasteiger partial charge in [-0.05, 0) is 24.7 Å². The molecule has 0 N–H and O–H groups in total. The number of imidazole rings is 1. The Morgan fingerprint density at radius 1 is 1.41 bits per heavy atom. The van der Waals surface area contributed by atoms with Crippen LogP contribution in [-0.4, -0.2) is 9.55 Å². The molecule has 0 spiro atoms. The second-order valence-electron chi connectivity index (χ2n) is 4.96. The molecule has 1 fully saturated rings. The van der Waals surface area contributed by atoms with Crippen molar-refractivity contribution in [3.8, 4) is 12.1 Å². The lowest BCUT2D eigenvalue weighted by molar-refractivity contribution is 0.256. The van der Waals surface area contributed by atoms with Gasteiger partial charge in [0.15, 0.2) is 11.4 Å². The first-order chi connectivity index (χ1) is 8.24. The van der Waals surface area contributed by atoms with Crippen LogP contribution >= 0.6 is 0 Å². The molecule has 1 aliphatic carbocycles. The Morgan fingerprint density at radius 3 is 2.88 bits per heavy atom. The molecule has 4 heteroatoms. The maximum absolute atomic E-state index is 9.04. The maximum atomic E-state index is 9.04. The Hall–Kier alpha value is -1.81. The van der Waals surface area contributed by atoms with Crippen LogP contribution in [0.4, 0.5) is 0 Å². The maximum Gasteiger partial charge on any atom is 0.176 e. The van der Waals surface area contributed by atoms with Gasteiger partial charge in [0.25, 0.3) is 0 Å². The van der Waals surface area contributed by atoms with Gasteiger partial charge in [-0.3, -0.25) is 0 Å². The molecule has 17 heavy (non-hydrogen) atoms. The van der Waals surface area contributed by atoms with Crippen molar-refractivity contribution in [3.05, 3.63) is 17.7 Å². The summed E-state index contributed by atoms with van der Waals surface area (Å²) in [6.45, 7) is 3.11. The molecule has 2 unspecified atom stereocenters. The van der Waals surface area contributed by atoms with Gasteiger partial charge < -0.3 is 4.57 Å². The van der Waals surface area contributed by atoms with Gasteiger partial charge in [-0.1, -0.05) is 19.8 Å². The highest BCUT2D eigenvalue weighted by atomic mass is 15.1. The van der Waals surface area contributed by atoms with E-state index < -0.39 is 0 Å². The first-order valence-corrected chi connectivity index (χ1v) is 6.10. The second kappa shape index (κ2) is 5.01. The third-order valence-electron chi connectivity index (χ3n) is 3.55. The Morgan fingerprint density at radius 2 is 2.24 bits per heavy atom. The van der Waals surface area contributed by atoms with Gasteiger partial charge >= 0.3 is 0 Å². The fourth-order valence-electron chi connectivity index (χ4n) is 2.72. The molecule has 1 aromatic rings. The molecule has 1 aromatic heterocycles. The lowest BCUT2D eigenvalue weighted by Gasteiger charge is -2.26. The summed E-state index contributed by atoms with van der Waals surface area (Å²) in [5, 5.41) is 17.9. The number of nitriles is 2. The van der Waals surface area contributed by atoms with Crippen molar-refractivity contribution >= 4 is 0 Å². The number of nitrogens with zero attached hydrogens (tertiary/aromatic N) is 4. The smallest absolute Gasteiger partial charge is 0.176 e. The van der Waals surface area contributed by atoms with Crippen molar-refractivity contribution in [1.82, 2.24) is 9.55 Å². The minimum Gasteiger partial charge on any atom is -0.321 e. The monoisotopic (exact) mass is 228 g/mol. The molecule has 0 radical (unpaired) electrons. The summed E-state index contributed by atoms with van der Waals surface area (Å²) < 4.78 is 1.83. The molecule has 4 nitrogen and oxygen atoms in total. The van der Waals surface area contributed by atoms with Gasteiger partial charge in [-0.15, -0.1) is 0 Å². The van der Waals surface area contributed by atoms with E-state index >= 15 is 0 Å². The highest BCUT2D eigenvalue weighted by Crippen LogP contribution is 2.29. The third-order valence-corrected chi connectivity index (χ3v) is 3.55. The normalized spacial score (nSPS) is 23.9. The van der Waals surface area contributed by atoms with Crippen LogP contribution in [0.1, 0.15) is 44.0 Å². The standard InChI is InChI=1S/C13H16N4/c1-10-3-2-4-11(5-10)8-17-9-16-12(6-14)13(17)7-15/h9-11H,2-5,8H2,1H3. The van der Waals surface area contributed by atoms with E-state index in [4.69, 9.17) is 10.5 Å². The first kappa shape index (κ1) is 11.7. The van der Waals surface area contributed by atoms with Crippen molar-refractivity contribution in [2.24, 2.45) is 11.8 Å². The molecular weight excluding hydrogens is 212 g/mol. The largest absolute Gasteiger partial charge is 0.321 e. The van der Waals surface area contributed by atoms with Gasteiger partial charge in [-0.25, -0.2) is 4.98 Å². The second-order valence-corrected chi connectivity index (χ2v) is 4.96. The zero-order chi connectivity index (χ0) is 12.3. The van der Waals surface area contributed by atoms with E-state index in [1.807, 2.05) is 10.6 Å². The van der Waals surface area contributed by atoms with Crippen LogP contribution in [-0.2, 0) is 6.54 Å². The molecule has 0 aromatic carbocycles. The Balaban J connectivity index is 2.11. The van der Waals surface area contributed by atoms with Gasteiger partial charge in [0, 0.05) is 6.54 Å². The van der Waals surface area contributed by atoms with Crippen molar-refractivity contribution in [1.29, 1.82) is 10.5 Å². The summed E-state index contributed by atoms with van der Waals surface area (Å²) in [5.74, 6) is 1.39. The molecule has 1 heterocycles. The van der Waals surface area contributed by atoms with Crippen LogP contribution in [0.15, 0.2) is 6.33 Å². The van der Waals surface area contributed by atoms with Crippen LogP contribution in [0.3, 0.4) is 0 Å². The lowest BCUT2D eigenvalue weighted by Crippen LogP contribution is -2.19. The molecule has 0 bridgehead atoms. The predicted octanol–water partition coefficient (Wildman–Crippen LogP) is 2.45. The van der Waals surface area contributed by atoms with Gasteiger partial charge in [-0.2, -0.15) is 10.5 Å². The molecule has 0 amide bonds. The van der Waals surface area contributed by atoms with E-state index in [1.165, 1.54) is 25.7 Å². The molecule has 0 saturated heterocycles. The van der Waals surface area contributed by atoms with Crippen LogP contribution in [0, 0.1) is 34.5 Å². The quantitative estimate of drug-likeness (QED) is 0.780. The Labute approximate surface area is 101 Å². The van der Waals surface area contributed by atoms with Crippen molar-refractivity contribution < 1.29 is 0 Å². The highest BCUT2D eigenvalue weighted by Gasteiger charge is 2.21. The third kappa shape index (κ3) is 2.47. The number of hydrogen-bond donors (Lipinski definition) is 0. The summed E-state index contributed by atoms with van der Waals surface area (Å²) in [6, 6.07) is 4.03. The van der Waals surface area contributed by atoms with E-state index in [1.54, 1.807) is 6.33 Å². The van der Waals surface area contributed by atoms with E-state index in [2.05, 4.69) is 18.0 Å². The summed E-state index contributed by atoms with van der Waals surface area (Å²) in [5.41, 5.74) is 0.655. The average Bonchev–Trinajstić information content (AvgIpc) is 2.71. The highest BCUT2D eigenvalue weighted by molar-refractivity contribution is 5.36. The lowest BCUT2D eigenvalue weighted by atomic mass is 9.82. The summed E-state index contributed by atoms with van der Waals surface area (Å²) in [7, 11) is 0. The van der Waals surface area contributed by atoms with Crippen molar-refractivity contribution in [2.45, 2.75) is 39.2 Å². The van der Waals surface area contributed by atoms with E-state index in [0.717, 1.165) is 12.5 Å². The van der Waals surface area contributed by atoms with Gasteiger partial charge in [0.2, 0.25) is 0 Å². The Kier molecular flexibility index (Phi) is 3.44. The molecule has 2 rings (SSSR count). The number of hydrogen-bond acceptors (Lipinski definition) is 3. The zero-order valence-corrected chi connectivity index (χ0v) is 10.1. The predicted molar refractivity (Wildman–Crippen MR) is 62.8 cm³/mol. The summed E-state index contributed by atoms with van der Waals surface area (Å²) >= 11 is 0. The fraction of sp³-hybridized carbons (Fsp3) is 0.615. The van der Waals surface area contributed by atoms with Crippen LogP contribution in [0.2, 0.25) is 0 Å². The number of aromatic nitrogens is 2. The summed E-state index contributed by atoms with van der Waals surface area (Å²) in [4.78, 5) is 3.97. The van der Waals surface area contributed by atoms with E-state index in [9.17, 15) is 0 Å². The SMILES string of the molecule is CC1CCCC(Cn2cnc(C#N)c2C#N)C1. The minimum absolute atomic E-state index is 0.247. The van der Waals surface area contributed by atoms with Crippen molar-refractivity contribution in [3.63, 3.8) is 0 Å². The summed E-state index contributed by atoms with van der Waals surface area (Å²) in [6.07, 6.45) is 6.64. The topological polar surface area (TPSA) is 65.4 Å². The van der Waals surface area contributed by atoms with Crippen molar-refractivity contribution in [2.75, 3.05) is 0 Å². The fourth-order valence-corrected chi connectivity index (χ4v) is 2.72. The molecule has 0 aliphatic heterocycles. The zero-order valence-electron chi connectivity index (χ0n) is 10.1. The Bertz CT molecular complexity index is 475. The minimum atomic E-state index is 0.247. The van der Waals surface area contributed by atoms with Crippen LogP contribution in [0.25, 0.3) is 0 Å². The molecule has 1 saturated carbocycles. The van der Waals surface area contributed by atoms with E-state index in [0.29, 0.717) is 11.6 Å². The molecule has 2 atom stereocenters. The van der Waals surface area contributed by atoms with Crippen LogP contribution in [0.5, 0.6) is 0 Å². The molecule has 1 aliphatic rings. The first-order valence-electron chi connectivity index (χ1n) is 6.10. The number of rotatable bonds is 2. The average molecular weight is 228 g/mol. The molecule has 88 valence electrons. The van der Waals surface area contributed by atoms with E-state index in [-0.39, 0.29) is 5.69 Å².